The Morgan fingerprint density at radius 3 is 2.57 bits per heavy atom. The predicted molar refractivity (Wildman–Crippen MR) is 113 cm³/mol. The highest BCUT2D eigenvalue weighted by Crippen LogP contribution is 2.26. The van der Waals surface area contributed by atoms with Crippen LogP contribution in [0.3, 0.4) is 0 Å². The summed E-state index contributed by atoms with van der Waals surface area (Å²) in [5.41, 5.74) is 1.82. The Balaban J connectivity index is 1.76. The molecule has 5 nitrogen and oxygen atoms in total. The molecule has 6 heteroatoms. The van der Waals surface area contributed by atoms with E-state index in [0.29, 0.717) is 11.7 Å². The van der Waals surface area contributed by atoms with Gasteiger partial charge in [-0.15, -0.1) is 0 Å². The summed E-state index contributed by atoms with van der Waals surface area (Å²) in [5.74, 6) is 0.864. The maximum Gasteiger partial charge on any atom is 0.249 e. The number of aromatic nitrogens is 2. The molecular weight excluding hydrogens is 418 g/mol. The second kappa shape index (κ2) is 9.46. The Hall–Kier alpha value is -2.73. The molecule has 1 heterocycles. The molecule has 144 valence electrons. The molecule has 0 saturated heterocycles. The van der Waals surface area contributed by atoms with Crippen LogP contribution in [0.2, 0.25) is 0 Å². The summed E-state index contributed by atoms with van der Waals surface area (Å²) in [6.45, 7) is 4.12. The van der Waals surface area contributed by atoms with Crippen LogP contribution in [0.25, 0.3) is 17.5 Å². The lowest BCUT2D eigenvalue weighted by Gasteiger charge is -2.19. The topological polar surface area (TPSA) is 68.0 Å². The number of rotatable bonds is 7. The number of nitrogens with zero attached hydrogens (tertiary/aromatic N) is 2. The van der Waals surface area contributed by atoms with E-state index in [-0.39, 0.29) is 17.9 Å². The number of carbonyl (C=O) groups is 1. The van der Waals surface area contributed by atoms with E-state index in [4.69, 9.17) is 4.52 Å². The minimum Gasteiger partial charge on any atom is -0.340 e. The molecule has 1 N–H and O–H groups in total. The predicted octanol–water partition coefficient (Wildman–Crippen LogP) is 5.42. The smallest absolute Gasteiger partial charge is 0.249 e. The summed E-state index contributed by atoms with van der Waals surface area (Å²) in [4.78, 5) is 17.0. The molecule has 28 heavy (non-hydrogen) atoms. The number of carbonyl (C=O) groups excluding carboxylic acids is 1. The van der Waals surface area contributed by atoms with Gasteiger partial charge in [-0.05, 0) is 41.8 Å². The summed E-state index contributed by atoms with van der Waals surface area (Å²) in [7, 11) is 0. The summed E-state index contributed by atoms with van der Waals surface area (Å²) < 4.78 is 6.47. The molecule has 1 amide bonds. The van der Waals surface area contributed by atoms with Gasteiger partial charge < -0.3 is 9.84 Å². The van der Waals surface area contributed by atoms with Crippen molar-refractivity contribution in [2.24, 2.45) is 5.92 Å². The van der Waals surface area contributed by atoms with Crippen LogP contribution in [-0.2, 0) is 4.79 Å². The van der Waals surface area contributed by atoms with Crippen molar-refractivity contribution in [1.82, 2.24) is 15.5 Å². The Labute approximate surface area is 173 Å². The van der Waals surface area contributed by atoms with Gasteiger partial charge in [0, 0.05) is 16.1 Å². The quantitative estimate of drug-likeness (QED) is 0.499. The molecule has 3 rings (SSSR count). The highest BCUT2D eigenvalue weighted by molar-refractivity contribution is 9.10. The summed E-state index contributed by atoms with van der Waals surface area (Å²) in [5, 5.41) is 7.08. The van der Waals surface area contributed by atoms with Gasteiger partial charge in [0.2, 0.25) is 17.6 Å². The Morgan fingerprint density at radius 2 is 1.89 bits per heavy atom. The average molecular weight is 440 g/mol. The van der Waals surface area contributed by atoms with Crippen LogP contribution in [0.1, 0.15) is 37.8 Å². The normalized spacial score (nSPS) is 13.4. The lowest BCUT2D eigenvalue weighted by Crippen LogP contribution is -2.31. The summed E-state index contributed by atoms with van der Waals surface area (Å²) in [6, 6.07) is 17.0. The van der Waals surface area contributed by atoms with E-state index in [9.17, 15) is 4.79 Å². The van der Waals surface area contributed by atoms with Crippen LogP contribution in [-0.4, -0.2) is 16.0 Å². The van der Waals surface area contributed by atoms with Crippen molar-refractivity contribution in [3.8, 4) is 11.4 Å². The largest absolute Gasteiger partial charge is 0.340 e. The van der Waals surface area contributed by atoms with Gasteiger partial charge in [0.15, 0.2) is 0 Å². The third kappa shape index (κ3) is 5.16. The number of benzene rings is 2. The minimum atomic E-state index is -0.352. The van der Waals surface area contributed by atoms with Gasteiger partial charge in [0.1, 0.15) is 6.04 Å². The summed E-state index contributed by atoms with van der Waals surface area (Å²) >= 11 is 3.42. The van der Waals surface area contributed by atoms with E-state index in [2.05, 4.69) is 45.2 Å². The maximum atomic E-state index is 12.4. The van der Waals surface area contributed by atoms with Crippen LogP contribution in [0.4, 0.5) is 0 Å². The van der Waals surface area contributed by atoms with Gasteiger partial charge in [-0.3, -0.25) is 4.79 Å². The molecule has 0 aliphatic rings. The second-order valence-corrected chi connectivity index (χ2v) is 7.49. The standard InChI is InChI=1S/C22H22BrN3O2/c1-3-15(2)20(24-19(27)14-9-16-7-5-4-6-8-16)22-25-21(26-28-22)17-10-12-18(23)13-11-17/h4-15,20H,3H2,1-2H3,(H,24,27). The summed E-state index contributed by atoms with van der Waals surface area (Å²) in [6.07, 6.45) is 4.17. The molecule has 0 bridgehead atoms. The van der Waals surface area contributed by atoms with E-state index in [1.54, 1.807) is 6.08 Å². The van der Waals surface area contributed by atoms with Gasteiger partial charge in [-0.25, -0.2) is 0 Å². The zero-order valence-corrected chi connectivity index (χ0v) is 17.4. The van der Waals surface area contributed by atoms with Crippen LogP contribution in [0.5, 0.6) is 0 Å². The molecule has 0 saturated carbocycles. The second-order valence-electron chi connectivity index (χ2n) is 6.58. The minimum absolute atomic E-state index is 0.146. The highest BCUT2D eigenvalue weighted by Gasteiger charge is 2.25. The van der Waals surface area contributed by atoms with Crippen LogP contribution in [0.15, 0.2) is 69.7 Å². The number of hydrogen-bond donors (Lipinski definition) is 1. The first-order chi connectivity index (χ1) is 13.6. The average Bonchev–Trinajstić information content (AvgIpc) is 3.21. The SMILES string of the molecule is CCC(C)C(NC(=O)C=Cc1ccccc1)c1nc(-c2ccc(Br)cc2)no1. The number of hydrogen-bond acceptors (Lipinski definition) is 4. The van der Waals surface area contributed by atoms with Crippen molar-refractivity contribution in [3.63, 3.8) is 0 Å². The fraction of sp³-hybridized carbons (Fsp3) is 0.227. The van der Waals surface area contributed by atoms with E-state index in [1.807, 2.05) is 54.6 Å². The monoisotopic (exact) mass is 439 g/mol. The van der Waals surface area contributed by atoms with Gasteiger partial charge in [0.05, 0.1) is 0 Å². The van der Waals surface area contributed by atoms with Gasteiger partial charge in [-0.2, -0.15) is 4.98 Å². The zero-order valence-electron chi connectivity index (χ0n) is 15.8. The Kier molecular flexibility index (Phi) is 6.76. The molecule has 2 unspecified atom stereocenters. The van der Waals surface area contributed by atoms with Crippen molar-refractivity contribution < 1.29 is 9.32 Å². The first kappa shape index (κ1) is 20.0. The van der Waals surface area contributed by atoms with E-state index >= 15 is 0 Å². The molecule has 0 aliphatic heterocycles. The third-order valence-electron chi connectivity index (χ3n) is 4.55. The van der Waals surface area contributed by atoms with Gasteiger partial charge >= 0.3 is 0 Å². The Morgan fingerprint density at radius 1 is 1.18 bits per heavy atom. The zero-order chi connectivity index (χ0) is 19.9. The van der Waals surface area contributed by atoms with Crippen molar-refractivity contribution in [2.45, 2.75) is 26.3 Å². The molecule has 3 aromatic rings. The maximum absolute atomic E-state index is 12.4. The lowest BCUT2D eigenvalue weighted by molar-refractivity contribution is -0.117. The lowest BCUT2D eigenvalue weighted by atomic mass is 9.99. The Bertz CT molecular complexity index is 936. The molecule has 0 fully saturated rings. The highest BCUT2D eigenvalue weighted by atomic mass is 79.9. The number of halogens is 1. The molecule has 0 spiro atoms. The van der Waals surface area contributed by atoms with Crippen LogP contribution < -0.4 is 5.32 Å². The number of amides is 1. The van der Waals surface area contributed by atoms with Gasteiger partial charge in [0.25, 0.3) is 0 Å². The van der Waals surface area contributed by atoms with Crippen LogP contribution >= 0.6 is 15.9 Å². The van der Waals surface area contributed by atoms with Gasteiger partial charge in [-0.1, -0.05) is 71.7 Å². The molecule has 0 radical (unpaired) electrons. The van der Waals surface area contributed by atoms with E-state index in [1.165, 1.54) is 6.08 Å². The van der Waals surface area contributed by atoms with E-state index < -0.39 is 0 Å². The van der Waals surface area contributed by atoms with Crippen molar-refractivity contribution in [1.29, 1.82) is 0 Å². The van der Waals surface area contributed by atoms with Crippen molar-refractivity contribution in [2.75, 3.05) is 0 Å². The van der Waals surface area contributed by atoms with Crippen molar-refractivity contribution in [3.05, 3.63) is 76.6 Å². The van der Waals surface area contributed by atoms with Crippen LogP contribution in [0, 0.1) is 5.92 Å². The fourth-order valence-electron chi connectivity index (χ4n) is 2.70. The molecular formula is C22H22BrN3O2. The molecule has 2 atom stereocenters. The van der Waals surface area contributed by atoms with Crippen molar-refractivity contribution >= 4 is 27.9 Å². The molecule has 0 aliphatic carbocycles. The van der Waals surface area contributed by atoms with E-state index in [0.717, 1.165) is 22.0 Å². The number of nitrogens with one attached hydrogen (secondary N) is 1. The fourth-order valence-corrected chi connectivity index (χ4v) is 2.96. The third-order valence-corrected chi connectivity index (χ3v) is 5.08. The molecule has 1 aromatic heterocycles. The first-order valence-electron chi connectivity index (χ1n) is 9.20. The first-order valence-corrected chi connectivity index (χ1v) is 9.99. The molecule has 2 aromatic carbocycles.